The minimum Gasteiger partial charge on any atom is -0.502 e. The van der Waals surface area contributed by atoms with Crippen LogP contribution in [-0.2, 0) is 22.7 Å². The van der Waals surface area contributed by atoms with Crippen molar-refractivity contribution < 1.29 is 28.8 Å². The monoisotopic (exact) mass is 412 g/mol. The summed E-state index contributed by atoms with van der Waals surface area (Å²) in [6.45, 7) is 0.680. The van der Waals surface area contributed by atoms with Gasteiger partial charge in [-0.2, -0.15) is 0 Å². The molecule has 0 spiro atoms. The first-order valence-electron chi connectivity index (χ1n) is 9.69. The molecule has 3 aromatic rings. The fraction of sp³-hybridized carbons (Fsp3) is 0.250. The van der Waals surface area contributed by atoms with Gasteiger partial charge in [0.05, 0.1) is 26.4 Å². The van der Waals surface area contributed by atoms with Crippen LogP contribution in [0.5, 0.6) is 11.5 Å². The summed E-state index contributed by atoms with van der Waals surface area (Å²) in [5.41, 5.74) is 1.95. The summed E-state index contributed by atoms with van der Waals surface area (Å²) in [6.07, 6.45) is -1.91. The van der Waals surface area contributed by atoms with Crippen molar-refractivity contribution in [3.05, 3.63) is 95.8 Å². The number of ether oxygens (including phenoxy) is 3. The van der Waals surface area contributed by atoms with Crippen LogP contribution < -0.4 is 4.74 Å². The third-order valence-electron chi connectivity index (χ3n) is 4.45. The van der Waals surface area contributed by atoms with Gasteiger partial charge in [0.25, 0.3) is 0 Å². The van der Waals surface area contributed by atoms with E-state index in [0.717, 1.165) is 17.2 Å². The van der Waals surface area contributed by atoms with Crippen LogP contribution in [0.2, 0.25) is 0 Å². The number of hydrogen-bond donors (Lipinski definition) is 2. The van der Waals surface area contributed by atoms with Crippen LogP contribution >= 0.6 is 0 Å². The van der Waals surface area contributed by atoms with E-state index in [1.54, 1.807) is 0 Å². The molecule has 0 heterocycles. The normalized spacial score (nSPS) is 13.0. The van der Waals surface area contributed by atoms with Crippen molar-refractivity contribution in [3.8, 4) is 11.5 Å². The molecule has 2 N–H and O–H groups in total. The second-order valence-corrected chi connectivity index (χ2v) is 6.81. The molecule has 0 amide bonds. The number of aliphatic hydroxyl groups is 1. The maximum atomic E-state index is 13.6. The Morgan fingerprint density at radius 3 is 1.90 bits per heavy atom. The second-order valence-electron chi connectivity index (χ2n) is 6.81. The first kappa shape index (κ1) is 21.8. The highest BCUT2D eigenvalue weighted by molar-refractivity contribution is 5.39. The molecule has 0 aromatic heterocycles. The molecule has 5 nitrogen and oxygen atoms in total. The quantitative estimate of drug-likeness (QED) is 0.497. The first-order valence-corrected chi connectivity index (χ1v) is 9.69. The average molecular weight is 412 g/mol. The van der Waals surface area contributed by atoms with Gasteiger partial charge in [0, 0.05) is 0 Å². The number of para-hydroxylation sites is 1. The van der Waals surface area contributed by atoms with Crippen LogP contribution in [0.1, 0.15) is 11.1 Å². The zero-order chi connectivity index (χ0) is 21.2. The van der Waals surface area contributed by atoms with Crippen LogP contribution in [0, 0.1) is 5.82 Å². The Bertz CT molecular complexity index is 889. The highest BCUT2D eigenvalue weighted by atomic mass is 19.1. The SMILES string of the molecule is Oc1c(F)cccc1O[C@H](COCc1ccccc1)C(O)COCc1ccccc1. The molecule has 0 saturated heterocycles. The van der Waals surface area contributed by atoms with E-state index in [1.807, 2.05) is 60.7 Å². The summed E-state index contributed by atoms with van der Waals surface area (Å²) < 4.78 is 30.6. The molecule has 0 aliphatic carbocycles. The van der Waals surface area contributed by atoms with Crippen LogP contribution in [0.15, 0.2) is 78.9 Å². The van der Waals surface area contributed by atoms with Crippen molar-refractivity contribution in [2.75, 3.05) is 13.2 Å². The van der Waals surface area contributed by atoms with Gasteiger partial charge in [-0.15, -0.1) is 0 Å². The van der Waals surface area contributed by atoms with Gasteiger partial charge in [-0.1, -0.05) is 66.7 Å². The molecule has 0 aliphatic rings. The number of phenolic OH excluding ortho intramolecular Hbond substituents is 1. The topological polar surface area (TPSA) is 68.2 Å². The van der Waals surface area contributed by atoms with Crippen LogP contribution in [0.3, 0.4) is 0 Å². The molecule has 30 heavy (non-hydrogen) atoms. The van der Waals surface area contributed by atoms with E-state index in [4.69, 9.17) is 14.2 Å². The lowest BCUT2D eigenvalue weighted by molar-refractivity contribution is -0.0658. The number of phenols is 1. The van der Waals surface area contributed by atoms with Gasteiger partial charge in [-0.25, -0.2) is 4.39 Å². The van der Waals surface area contributed by atoms with E-state index in [-0.39, 0.29) is 19.0 Å². The smallest absolute Gasteiger partial charge is 0.194 e. The molecular weight excluding hydrogens is 387 g/mol. The van der Waals surface area contributed by atoms with Crippen molar-refractivity contribution in [3.63, 3.8) is 0 Å². The largest absolute Gasteiger partial charge is 0.502 e. The molecule has 0 radical (unpaired) electrons. The second kappa shape index (κ2) is 11.3. The molecule has 1 unspecified atom stereocenters. The predicted molar refractivity (Wildman–Crippen MR) is 111 cm³/mol. The van der Waals surface area contributed by atoms with Gasteiger partial charge in [0.2, 0.25) is 0 Å². The first-order chi connectivity index (χ1) is 14.6. The van der Waals surface area contributed by atoms with Crippen molar-refractivity contribution in [2.45, 2.75) is 25.4 Å². The molecular formula is C24H25FO5. The third-order valence-corrected chi connectivity index (χ3v) is 4.45. The van der Waals surface area contributed by atoms with Crippen LogP contribution in [-0.4, -0.2) is 35.6 Å². The maximum Gasteiger partial charge on any atom is 0.194 e. The number of halogens is 1. The lowest BCUT2D eigenvalue weighted by Crippen LogP contribution is -2.39. The van der Waals surface area contributed by atoms with Gasteiger partial charge in [-0.3, -0.25) is 0 Å². The van der Waals surface area contributed by atoms with Gasteiger partial charge < -0.3 is 24.4 Å². The minimum absolute atomic E-state index is 0.00959. The highest BCUT2D eigenvalue weighted by Crippen LogP contribution is 2.29. The molecule has 2 atom stereocenters. The molecule has 3 aromatic carbocycles. The lowest BCUT2D eigenvalue weighted by Gasteiger charge is -2.24. The van der Waals surface area contributed by atoms with Crippen molar-refractivity contribution in [1.82, 2.24) is 0 Å². The zero-order valence-corrected chi connectivity index (χ0v) is 16.5. The van der Waals surface area contributed by atoms with Gasteiger partial charge >= 0.3 is 0 Å². The van der Waals surface area contributed by atoms with E-state index in [2.05, 4.69) is 0 Å². The Balaban J connectivity index is 1.60. The minimum atomic E-state index is -1.05. The highest BCUT2D eigenvalue weighted by Gasteiger charge is 2.24. The molecule has 6 heteroatoms. The molecule has 0 saturated carbocycles. The molecule has 158 valence electrons. The van der Waals surface area contributed by atoms with E-state index in [0.29, 0.717) is 13.2 Å². The summed E-state index contributed by atoms with van der Waals surface area (Å²) in [6, 6.07) is 23.1. The van der Waals surface area contributed by atoms with Crippen LogP contribution in [0.25, 0.3) is 0 Å². The number of benzene rings is 3. The number of rotatable bonds is 11. The van der Waals surface area contributed by atoms with Crippen molar-refractivity contribution in [2.24, 2.45) is 0 Å². The zero-order valence-electron chi connectivity index (χ0n) is 16.5. The van der Waals surface area contributed by atoms with Crippen molar-refractivity contribution in [1.29, 1.82) is 0 Å². The number of aliphatic hydroxyl groups excluding tert-OH is 1. The van der Waals surface area contributed by atoms with Gasteiger partial charge in [-0.05, 0) is 23.3 Å². The van der Waals surface area contributed by atoms with E-state index >= 15 is 0 Å². The summed E-state index contributed by atoms with van der Waals surface area (Å²) in [5, 5.41) is 20.5. The van der Waals surface area contributed by atoms with Gasteiger partial charge in [0.1, 0.15) is 6.10 Å². The summed E-state index contributed by atoms with van der Waals surface area (Å²) in [7, 11) is 0. The van der Waals surface area contributed by atoms with E-state index in [9.17, 15) is 14.6 Å². The molecule has 0 aliphatic heterocycles. The Morgan fingerprint density at radius 1 is 0.733 bits per heavy atom. The molecule has 3 rings (SSSR count). The lowest BCUT2D eigenvalue weighted by atomic mass is 10.2. The van der Waals surface area contributed by atoms with E-state index in [1.165, 1.54) is 12.1 Å². The van der Waals surface area contributed by atoms with Gasteiger partial charge in [0.15, 0.2) is 23.4 Å². The average Bonchev–Trinajstić information content (AvgIpc) is 2.77. The summed E-state index contributed by atoms with van der Waals surface area (Å²) in [5.74, 6) is -1.47. The Hall–Kier alpha value is -2.93. The van der Waals surface area contributed by atoms with E-state index < -0.39 is 23.8 Å². The molecule has 0 bridgehead atoms. The third kappa shape index (κ3) is 6.56. The van der Waals surface area contributed by atoms with Crippen LogP contribution in [0.4, 0.5) is 4.39 Å². The van der Waals surface area contributed by atoms with Crippen molar-refractivity contribution >= 4 is 0 Å². The number of hydrogen-bond acceptors (Lipinski definition) is 5. The standard InChI is InChI=1S/C24H25FO5/c25-20-12-7-13-22(24(20)27)30-23(17-29-15-19-10-5-2-6-11-19)21(26)16-28-14-18-8-3-1-4-9-18/h1-13,21,23,26-27H,14-17H2/t21?,23-/m1/s1. The fourth-order valence-corrected chi connectivity index (χ4v) is 2.82. The Labute approximate surface area is 175 Å². The maximum absolute atomic E-state index is 13.6. The predicted octanol–water partition coefficient (Wildman–Crippen LogP) is 4.07. The summed E-state index contributed by atoms with van der Waals surface area (Å²) in [4.78, 5) is 0. The molecule has 0 fully saturated rings. The Morgan fingerprint density at radius 2 is 1.30 bits per heavy atom. The Kier molecular flexibility index (Phi) is 8.20. The number of aromatic hydroxyl groups is 1. The summed E-state index contributed by atoms with van der Waals surface area (Å²) >= 11 is 0. The fourth-order valence-electron chi connectivity index (χ4n) is 2.82.